The quantitative estimate of drug-likeness (QED) is 0.709. The largest absolute Gasteiger partial charge is 0.487 e. The summed E-state index contributed by atoms with van der Waals surface area (Å²) in [5.41, 5.74) is 6.49. The minimum absolute atomic E-state index is 0.0279. The first kappa shape index (κ1) is 8.52. The number of hydrogen-bond donors (Lipinski definition) is 2. The number of hydrogen-bond acceptors (Lipinski definition) is 4. The molecule has 0 unspecified atom stereocenters. The second kappa shape index (κ2) is 3.71. The molecule has 3 N–H and O–H groups in total. The number of methoxy groups -OCH3 is 1. The van der Waals surface area contributed by atoms with Crippen molar-refractivity contribution in [3.8, 4) is 5.06 Å². The van der Waals surface area contributed by atoms with Crippen molar-refractivity contribution < 1.29 is 9.84 Å². The summed E-state index contributed by atoms with van der Waals surface area (Å²) in [4.78, 5) is 0. The molecule has 0 fully saturated rings. The van der Waals surface area contributed by atoms with Crippen molar-refractivity contribution in [3.63, 3.8) is 0 Å². The van der Waals surface area contributed by atoms with E-state index < -0.39 is 0 Å². The highest BCUT2D eigenvalue weighted by Gasteiger charge is 2.06. The predicted molar refractivity (Wildman–Crippen MR) is 44.9 cm³/mol. The van der Waals surface area contributed by atoms with Gasteiger partial charge in [-0.25, -0.2) is 0 Å². The number of thiophene rings is 1. The van der Waals surface area contributed by atoms with Crippen LogP contribution in [-0.4, -0.2) is 18.8 Å². The van der Waals surface area contributed by atoms with Crippen molar-refractivity contribution in [2.45, 2.75) is 6.04 Å². The lowest BCUT2D eigenvalue weighted by Gasteiger charge is -2.02. The van der Waals surface area contributed by atoms with Crippen LogP contribution >= 0.6 is 11.3 Å². The van der Waals surface area contributed by atoms with Gasteiger partial charge in [-0.2, -0.15) is 0 Å². The minimum atomic E-state index is -0.282. The second-order valence-electron chi connectivity index (χ2n) is 2.19. The van der Waals surface area contributed by atoms with Crippen LogP contribution in [0.1, 0.15) is 11.6 Å². The smallest absolute Gasteiger partial charge is 0.173 e. The summed E-state index contributed by atoms with van der Waals surface area (Å²) in [6.45, 7) is -0.0279. The van der Waals surface area contributed by atoms with E-state index in [0.29, 0.717) is 0 Å². The van der Waals surface area contributed by atoms with Crippen LogP contribution in [0.4, 0.5) is 0 Å². The SMILES string of the molecule is COc1cc([C@@H](N)CO)cs1. The number of aliphatic hydroxyl groups is 1. The van der Waals surface area contributed by atoms with Gasteiger partial charge in [-0.1, -0.05) is 0 Å². The van der Waals surface area contributed by atoms with Crippen molar-refractivity contribution in [2.75, 3.05) is 13.7 Å². The van der Waals surface area contributed by atoms with E-state index in [1.165, 1.54) is 11.3 Å². The molecule has 1 rings (SSSR count). The Kier molecular flexibility index (Phi) is 2.87. The van der Waals surface area contributed by atoms with Crippen LogP contribution in [0, 0.1) is 0 Å². The third-order valence-electron chi connectivity index (χ3n) is 1.42. The fourth-order valence-corrected chi connectivity index (χ4v) is 1.53. The highest BCUT2D eigenvalue weighted by Crippen LogP contribution is 2.25. The molecular formula is C7H11NO2S. The molecule has 0 bridgehead atoms. The molecule has 0 saturated carbocycles. The van der Waals surface area contributed by atoms with Gasteiger partial charge >= 0.3 is 0 Å². The van der Waals surface area contributed by atoms with Gasteiger partial charge in [0.2, 0.25) is 0 Å². The minimum Gasteiger partial charge on any atom is -0.487 e. The number of nitrogens with two attached hydrogens (primary N) is 1. The van der Waals surface area contributed by atoms with Crippen LogP contribution in [0.15, 0.2) is 11.4 Å². The highest BCUT2D eigenvalue weighted by atomic mass is 32.1. The van der Waals surface area contributed by atoms with Crippen molar-refractivity contribution in [2.24, 2.45) is 5.73 Å². The zero-order chi connectivity index (χ0) is 8.27. The maximum atomic E-state index is 8.71. The van der Waals surface area contributed by atoms with E-state index in [9.17, 15) is 0 Å². The van der Waals surface area contributed by atoms with Crippen LogP contribution < -0.4 is 10.5 Å². The molecule has 1 aromatic heterocycles. The molecule has 1 atom stereocenters. The van der Waals surface area contributed by atoms with Crippen molar-refractivity contribution in [1.82, 2.24) is 0 Å². The summed E-state index contributed by atoms with van der Waals surface area (Å²) in [5, 5.41) is 11.4. The molecule has 0 saturated heterocycles. The van der Waals surface area contributed by atoms with Crippen molar-refractivity contribution in [3.05, 3.63) is 17.0 Å². The maximum Gasteiger partial charge on any atom is 0.173 e. The Morgan fingerprint density at radius 1 is 1.82 bits per heavy atom. The van der Waals surface area contributed by atoms with E-state index in [1.807, 2.05) is 11.4 Å². The fraction of sp³-hybridized carbons (Fsp3) is 0.429. The molecule has 4 heteroatoms. The van der Waals surface area contributed by atoms with Crippen LogP contribution in [0.3, 0.4) is 0 Å². The van der Waals surface area contributed by atoms with E-state index in [4.69, 9.17) is 15.6 Å². The van der Waals surface area contributed by atoms with Crippen molar-refractivity contribution in [1.29, 1.82) is 0 Å². The predicted octanol–water partition coefficient (Wildman–Crippen LogP) is 0.749. The van der Waals surface area contributed by atoms with E-state index in [-0.39, 0.29) is 12.6 Å². The lowest BCUT2D eigenvalue weighted by molar-refractivity contribution is 0.268. The van der Waals surface area contributed by atoms with Gasteiger partial charge in [-0.15, -0.1) is 11.3 Å². The summed E-state index contributed by atoms with van der Waals surface area (Å²) in [6.07, 6.45) is 0. The van der Waals surface area contributed by atoms with E-state index in [1.54, 1.807) is 7.11 Å². The lowest BCUT2D eigenvalue weighted by Crippen LogP contribution is -2.13. The monoisotopic (exact) mass is 173 g/mol. The van der Waals surface area contributed by atoms with Crippen LogP contribution in [-0.2, 0) is 0 Å². The Hall–Kier alpha value is -0.580. The number of ether oxygens (including phenoxy) is 1. The Morgan fingerprint density at radius 2 is 2.55 bits per heavy atom. The van der Waals surface area contributed by atoms with E-state index >= 15 is 0 Å². The van der Waals surface area contributed by atoms with Gasteiger partial charge < -0.3 is 15.6 Å². The molecule has 0 spiro atoms. The lowest BCUT2D eigenvalue weighted by atomic mass is 10.2. The van der Waals surface area contributed by atoms with Gasteiger partial charge in [0, 0.05) is 0 Å². The zero-order valence-electron chi connectivity index (χ0n) is 6.28. The molecule has 0 aliphatic rings. The summed E-state index contributed by atoms with van der Waals surface area (Å²) >= 11 is 1.48. The second-order valence-corrected chi connectivity index (χ2v) is 3.07. The van der Waals surface area contributed by atoms with Gasteiger partial charge in [0.05, 0.1) is 19.8 Å². The molecule has 62 valence electrons. The molecule has 1 aromatic rings. The summed E-state index contributed by atoms with van der Waals surface area (Å²) in [7, 11) is 1.61. The van der Waals surface area contributed by atoms with E-state index in [2.05, 4.69) is 0 Å². The zero-order valence-corrected chi connectivity index (χ0v) is 7.10. The summed E-state index contributed by atoms with van der Waals surface area (Å²) in [5.74, 6) is 0. The van der Waals surface area contributed by atoms with Crippen LogP contribution in [0.2, 0.25) is 0 Å². The van der Waals surface area contributed by atoms with Crippen LogP contribution in [0.25, 0.3) is 0 Å². The fourth-order valence-electron chi connectivity index (χ4n) is 0.737. The summed E-state index contributed by atoms with van der Waals surface area (Å²) in [6, 6.07) is 1.56. The van der Waals surface area contributed by atoms with Gasteiger partial charge in [0.1, 0.15) is 0 Å². The van der Waals surface area contributed by atoms with E-state index in [0.717, 1.165) is 10.6 Å². The topological polar surface area (TPSA) is 55.5 Å². The number of aliphatic hydroxyl groups excluding tert-OH is 1. The average Bonchev–Trinajstić information content (AvgIpc) is 2.50. The molecule has 3 nitrogen and oxygen atoms in total. The molecule has 0 aromatic carbocycles. The summed E-state index contributed by atoms with van der Waals surface area (Å²) < 4.78 is 4.97. The maximum absolute atomic E-state index is 8.71. The van der Waals surface area contributed by atoms with Gasteiger partial charge in [0.25, 0.3) is 0 Å². The normalized spacial score (nSPS) is 13.0. The molecular weight excluding hydrogens is 162 g/mol. The first-order valence-corrected chi connectivity index (χ1v) is 4.14. The molecule has 0 aliphatic heterocycles. The molecule has 0 aliphatic carbocycles. The third kappa shape index (κ3) is 1.92. The molecule has 0 amide bonds. The molecule has 11 heavy (non-hydrogen) atoms. The van der Waals surface area contributed by atoms with Crippen molar-refractivity contribution >= 4 is 11.3 Å². The Bertz CT molecular complexity index is 224. The molecule has 1 heterocycles. The molecule has 0 radical (unpaired) electrons. The first-order valence-electron chi connectivity index (χ1n) is 3.26. The highest BCUT2D eigenvalue weighted by molar-refractivity contribution is 7.12. The van der Waals surface area contributed by atoms with Crippen LogP contribution in [0.5, 0.6) is 5.06 Å². The first-order chi connectivity index (χ1) is 5.27. The number of rotatable bonds is 3. The standard InChI is InChI=1S/C7H11NO2S/c1-10-7-2-5(4-11-7)6(8)3-9/h2,4,6,9H,3,8H2,1H3/t6-/m0/s1. The Labute approximate surface area is 69.4 Å². The Balaban J connectivity index is 2.71. The third-order valence-corrected chi connectivity index (χ3v) is 2.33. The Morgan fingerprint density at radius 3 is 3.00 bits per heavy atom. The van der Waals surface area contributed by atoms with Gasteiger partial charge in [0.15, 0.2) is 5.06 Å². The van der Waals surface area contributed by atoms with Gasteiger partial charge in [-0.05, 0) is 17.0 Å². The average molecular weight is 173 g/mol. The van der Waals surface area contributed by atoms with Gasteiger partial charge in [-0.3, -0.25) is 0 Å².